The molecule has 1 aromatic rings. The molecule has 8 heteroatoms. The van der Waals surface area contributed by atoms with Crippen molar-refractivity contribution in [3.05, 3.63) is 15.5 Å². The highest BCUT2D eigenvalue weighted by Crippen LogP contribution is 2.22. The van der Waals surface area contributed by atoms with Crippen molar-refractivity contribution in [2.24, 2.45) is 0 Å². The first-order valence-corrected chi connectivity index (χ1v) is 6.55. The number of rotatable bonds is 3. The summed E-state index contributed by atoms with van der Waals surface area (Å²) in [6.07, 6.45) is -0.577. The zero-order valence-corrected chi connectivity index (χ0v) is 10.9. The minimum absolute atomic E-state index is 0.111. The van der Waals surface area contributed by atoms with Crippen LogP contribution in [0, 0.1) is 0 Å². The van der Waals surface area contributed by atoms with Gasteiger partial charge >= 0.3 is 5.97 Å². The van der Waals surface area contributed by atoms with Crippen molar-refractivity contribution in [1.82, 2.24) is 9.88 Å². The summed E-state index contributed by atoms with van der Waals surface area (Å²) < 4.78 is 5.30. The monoisotopic (exact) mass is 290 g/mol. The highest BCUT2D eigenvalue weighted by Gasteiger charge is 2.28. The van der Waals surface area contributed by atoms with E-state index in [1.54, 1.807) is 4.90 Å². The average molecular weight is 291 g/mol. The minimum atomic E-state index is -0.940. The van der Waals surface area contributed by atoms with Gasteiger partial charge in [-0.3, -0.25) is 9.59 Å². The van der Waals surface area contributed by atoms with Gasteiger partial charge in [-0.25, -0.2) is 4.98 Å². The van der Waals surface area contributed by atoms with Crippen LogP contribution in [0.3, 0.4) is 0 Å². The Morgan fingerprint density at radius 2 is 2.44 bits per heavy atom. The predicted molar refractivity (Wildman–Crippen MR) is 65.0 cm³/mol. The summed E-state index contributed by atoms with van der Waals surface area (Å²) in [5.41, 5.74) is 1.50. The van der Waals surface area contributed by atoms with Crippen LogP contribution in [0.1, 0.15) is 16.1 Å². The quantitative estimate of drug-likeness (QED) is 0.902. The zero-order chi connectivity index (χ0) is 13.1. The summed E-state index contributed by atoms with van der Waals surface area (Å²) in [7, 11) is 0. The molecule has 0 aromatic carbocycles. The summed E-state index contributed by atoms with van der Waals surface area (Å²) >= 11 is 6.98. The first-order chi connectivity index (χ1) is 8.58. The standard InChI is InChI=1S/C10H11ClN2O4S/c11-9-8(18-5-12-9)10(16)13-1-2-17-6(4-13)3-7(14)15/h5-6H,1-4H2,(H,14,15). The lowest BCUT2D eigenvalue weighted by Crippen LogP contribution is -2.46. The normalized spacial score (nSPS) is 19.8. The first kappa shape index (κ1) is 13.3. The zero-order valence-electron chi connectivity index (χ0n) is 9.34. The Kier molecular flexibility index (Phi) is 4.15. The van der Waals surface area contributed by atoms with Crippen LogP contribution in [-0.4, -0.2) is 52.7 Å². The number of nitrogens with zero attached hydrogens (tertiary/aromatic N) is 2. The van der Waals surface area contributed by atoms with Crippen molar-refractivity contribution in [2.75, 3.05) is 19.7 Å². The number of halogens is 1. The molecule has 1 unspecified atom stereocenters. The molecule has 98 valence electrons. The van der Waals surface area contributed by atoms with Crippen LogP contribution < -0.4 is 0 Å². The number of hydrogen-bond acceptors (Lipinski definition) is 5. The molecule has 0 bridgehead atoms. The second kappa shape index (κ2) is 5.64. The summed E-state index contributed by atoms with van der Waals surface area (Å²) in [5.74, 6) is -1.16. The van der Waals surface area contributed by atoms with E-state index >= 15 is 0 Å². The van der Waals surface area contributed by atoms with E-state index in [0.717, 1.165) is 0 Å². The third-order valence-corrected chi connectivity index (χ3v) is 3.76. The van der Waals surface area contributed by atoms with Gasteiger partial charge in [0.05, 0.1) is 24.6 Å². The second-order valence-corrected chi connectivity index (χ2v) is 5.03. The summed E-state index contributed by atoms with van der Waals surface area (Å²) in [6.45, 7) is 1.03. The van der Waals surface area contributed by atoms with Gasteiger partial charge in [0.15, 0.2) is 5.15 Å². The van der Waals surface area contributed by atoms with Crippen LogP contribution in [0.25, 0.3) is 0 Å². The summed E-state index contributed by atoms with van der Waals surface area (Å²) in [4.78, 5) is 28.5. The molecule has 0 radical (unpaired) electrons. The number of carboxylic acids is 1. The van der Waals surface area contributed by atoms with Crippen LogP contribution in [0.4, 0.5) is 0 Å². The Bertz CT molecular complexity index is 464. The largest absolute Gasteiger partial charge is 0.481 e. The van der Waals surface area contributed by atoms with Gasteiger partial charge in [0.2, 0.25) is 0 Å². The number of amides is 1. The Balaban J connectivity index is 2.03. The average Bonchev–Trinajstić information content (AvgIpc) is 2.74. The number of carboxylic acid groups (broad SMARTS) is 1. The second-order valence-electron chi connectivity index (χ2n) is 3.81. The molecular weight excluding hydrogens is 280 g/mol. The topological polar surface area (TPSA) is 79.7 Å². The number of hydrogen-bond donors (Lipinski definition) is 1. The molecule has 2 heterocycles. The van der Waals surface area contributed by atoms with E-state index in [4.69, 9.17) is 21.4 Å². The van der Waals surface area contributed by atoms with Gasteiger partial charge in [-0.15, -0.1) is 11.3 Å². The van der Waals surface area contributed by atoms with E-state index in [9.17, 15) is 9.59 Å². The van der Waals surface area contributed by atoms with E-state index < -0.39 is 12.1 Å². The fraction of sp³-hybridized carbons (Fsp3) is 0.500. The summed E-state index contributed by atoms with van der Waals surface area (Å²) in [5, 5.41) is 8.89. The Labute approximate surface area is 112 Å². The Hall–Kier alpha value is -1.18. The molecule has 1 amide bonds. The molecule has 1 fully saturated rings. The Morgan fingerprint density at radius 1 is 1.67 bits per heavy atom. The van der Waals surface area contributed by atoms with Crippen LogP contribution in [0.5, 0.6) is 0 Å². The SMILES string of the molecule is O=C(O)CC1CN(C(=O)c2scnc2Cl)CCO1. The number of aromatic nitrogens is 1. The third-order valence-electron chi connectivity index (χ3n) is 2.55. The minimum Gasteiger partial charge on any atom is -0.481 e. The van der Waals surface area contributed by atoms with Crippen molar-refractivity contribution in [3.8, 4) is 0 Å². The molecule has 6 nitrogen and oxygen atoms in total. The van der Waals surface area contributed by atoms with Gasteiger partial charge in [-0.1, -0.05) is 11.6 Å². The van der Waals surface area contributed by atoms with Gasteiger partial charge in [0.1, 0.15) is 4.88 Å². The van der Waals surface area contributed by atoms with Crippen LogP contribution in [-0.2, 0) is 9.53 Å². The van der Waals surface area contributed by atoms with Gasteiger partial charge in [0.25, 0.3) is 5.91 Å². The maximum absolute atomic E-state index is 12.1. The molecule has 1 aliphatic heterocycles. The molecule has 18 heavy (non-hydrogen) atoms. The number of carbonyl (C=O) groups excluding carboxylic acids is 1. The predicted octanol–water partition coefficient (Wildman–Crippen LogP) is 1.11. The lowest BCUT2D eigenvalue weighted by Gasteiger charge is -2.32. The maximum atomic E-state index is 12.1. The number of carbonyl (C=O) groups is 2. The van der Waals surface area contributed by atoms with E-state index in [1.807, 2.05) is 0 Å². The molecule has 2 rings (SSSR count). The van der Waals surface area contributed by atoms with Crippen molar-refractivity contribution in [3.63, 3.8) is 0 Å². The molecule has 0 saturated carbocycles. The van der Waals surface area contributed by atoms with Crippen molar-refractivity contribution < 1.29 is 19.4 Å². The van der Waals surface area contributed by atoms with Crippen LogP contribution in [0.15, 0.2) is 5.51 Å². The van der Waals surface area contributed by atoms with Gasteiger partial charge in [-0.05, 0) is 0 Å². The van der Waals surface area contributed by atoms with Gasteiger partial charge in [-0.2, -0.15) is 0 Å². The molecule has 1 aliphatic rings. The highest BCUT2D eigenvalue weighted by molar-refractivity contribution is 7.12. The van der Waals surface area contributed by atoms with E-state index in [-0.39, 0.29) is 24.0 Å². The van der Waals surface area contributed by atoms with Gasteiger partial charge < -0.3 is 14.7 Å². The number of ether oxygens (including phenoxy) is 1. The fourth-order valence-corrected chi connectivity index (χ4v) is 2.70. The van der Waals surface area contributed by atoms with Crippen molar-refractivity contribution in [1.29, 1.82) is 0 Å². The molecular formula is C10H11ClN2O4S. The van der Waals surface area contributed by atoms with Crippen molar-refractivity contribution >= 4 is 34.8 Å². The van der Waals surface area contributed by atoms with E-state index in [2.05, 4.69) is 4.98 Å². The number of aliphatic carboxylic acids is 1. The number of thiazole rings is 1. The van der Waals surface area contributed by atoms with Crippen LogP contribution >= 0.6 is 22.9 Å². The molecule has 1 aromatic heterocycles. The summed E-state index contributed by atoms with van der Waals surface area (Å²) in [6, 6.07) is 0. The third kappa shape index (κ3) is 2.98. The fourth-order valence-electron chi connectivity index (χ4n) is 1.74. The number of morpholine rings is 1. The maximum Gasteiger partial charge on any atom is 0.306 e. The highest BCUT2D eigenvalue weighted by atomic mass is 35.5. The lowest BCUT2D eigenvalue weighted by atomic mass is 10.2. The van der Waals surface area contributed by atoms with E-state index in [1.165, 1.54) is 16.8 Å². The smallest absolute Gasteiger partial charge is 0.306 e. The lowest BCUT2D eigenvalue weighted by molar-refractivity contribution is -0.141. The first-order valence-electron chi connectivity index (χ1n) is 5.29. The molecule has 1 N–H and O–H groups in total. The Morgan fingerprint density at radius 3 is 3.06 bits per heavy atom. The van der Waals surface area contributed by atoms with Crippen molar-refractivity contribution in [2.45, 2.75) is 12.5 Å². The van der Waals surface area contributed by atoms with E-state index in [0.29, 0.717) is 18.0 Å². The molecule has 0 spiro atoms. The molecule has 1 atom stereocenters. The molecule has 0 aliphatic carbocycles. The van der Waals surface area contributed by atoms with Gasteiger partial charge in [0, 0.05) is 13.1 Å². The van der Waals surface area contributed by atoms with Crippen LogP contribution in [0.2, 0.25) is 5.15 Å². The molecule has 1 saturated heterocycles.